The molecule has 0 saturated carbocycles. The van der Waals surface area contributed by atoms with E-state index in [0.717, 1.165) is 16.7 Å². The summed E-state index contributed by atoms with van der Waals surface area (Å²) in [6, 6.07) is 11.9. The molecule has 6 nitrogen and oxygen atoms in total. The van der Waals surface area contributed by atoms with E-state index in [2.05, 4.69) is 4.98 Å². The van der Waals surface area contributed by atoms with Crippen molar-refractivity contribution in [2.75, 3.05) is 33.8 Å². The number of carbonyl (C=O) groups is 2. The zero-order valence-electron chi connectivity index (χ0n) is 16.7. The van der Waals surface area contributed by atoms with Crippen molar-refractivity contribution in [2.24, 2.45) is 0 Å². The lowest BCUT2D eigenvalue weighted by molar-refractivity contribution is -0.172. The predicted octanol–water partition coefficient (Wildman–Crippen LogP) is 2.39. The molecule has 1 aromatic heterocycles. The summed E-state index contributed by atoms with van der Waals surface area (Å²) in [5.41, 5.74) is 1.91. The molecule has 1 unspecified atom stereocenters. The van der Waals surface area contributed by atoms with Gasteiger partial charge in [0.05, 0.1) is 13.2 Å². The van der Waals surface area contributed by atoms with E-state index in [-0.39, 0.29) is 18.4 Å². The lowest BCUT2D eigenvalue weighted by Gasteiger charge is -2.43. The van der Waals surface area contributed by atoms with Crippen LogP contribution in [0.25, 0.3) is 11.1 Å². The van der Waals surface area contributed by atoms with Crippen molar-refractivity contribution in [3.63, 3.8) is 0 Å². The van der Waals surface area contributed by atoms with Crippen LogP contribution in [0.2, 0.25) is 0 Å². The molecule has 3 rings (SSSR count). The van der Waals surface area contributed by atoms with Gasteiger partial charge in [0.1, 0.15) is 0 Å². The Hall–Kier alpha value is -2.73. The second-order valence-electron chi connectivity index (χ2n) is 7.29. The van der Waals surface area contributed by atoms with E-state index >= 15 is 0 Å². The number of amides is 2. The number of nitrogens with zero attached hydrogens (tertiary/aromatic N) is 3. The Morgan fingerprint density at radius 2 is 2.00 bits per heavy atom. The molecule has 0 radical (unpaired) electrons. The van der Waals surface area contributed by atoms with Gasteiger partial charge in [-0.2, -0.15) is 0 Å². The summed E-state index contributed by atoms with van der Waals surface area (Å²) in [6.45, 7) is 2.96. The first-order valence-corrected chi connectivity index (χ1v) is 9.58. The van der Waals surface area contributed by atoms with Gasteiger partial charge in [0, 0.05) is 51.4 Å². The number of pyridine rings is 1. The van der Waals surface area contributed by atoms with E-state index in [1.165, 1.54) is 0 Å². The van der Waals surface area contributed by atoms with Crippen molar-refractivity contribution >= 4 is 11.8 Å². The topological polar surface area (TPSA) is 62.7 Å². The van der Waals surface area contributed by atoms with E-state index in [4.69, 9.17) is 4.74 Å². The highest BCUT2D eigenvalue weighted by atomic mass is 16.5. The number of rotatable bonds is 5. The van der Waals surface area contributed by atoms with Gasteiger partial charge in [0.2, 0.25) is 5.91 Å². The van der Waals surface area contributed by atoms with Crippen molar-refractivity contribution in [3.8, 4) is 11.1 Å². The minimum atomic E-state index is -1.09. The first-order chi connectivity index (χ1) is 13.5. The first kappa shape index (κ1) is 20.0. The Morgan fingerprint density at radius 1 is 1.21 bits per heavy atom. The van der Waals surface area contributed by atoms with Crippen LogP contribution in [0.5, 0.6) is 0 Å². The average Bonchev–Trinajstić information content (AvgIpc) is 2.73. The quantitative estimate of drug-likeness (QED) is 0.798. The summed E-state index contributed by atoms with van der Waals surface area (Å²) in [5, 5.41) is 0. The second-order valence-corrected chi connectivity index (χ2v) is 7.29. The summed E-state index contributed by atoms with van der Waals surface area (Å²) in [4.78, 5) is 33.0. The molecule has 2 heterocycles. The Kier molecular flexibility index (Phi) is 6.09. The van der Waals surface area contributed by atoms with Crippen molar-refractivity contribution < 1.29 is 14.3 Å². The Bertz CT molecular complexity index is 838. The van der Waals surface area contributed by atoms with Gasteiger partial charge >= 0.3 is 0 Å². The molecule has 2 amide bonds. The maximum atomic E-state index is 13.2. The number of likely N-dealkylation sites (N-methyl/N-ethyl adjacent to an activating group) is 1. The standard InChI is InChI=1S/C22H27N3O3/c1-4-20(26)25-12-13-28-22(16-25,21(27)24(2)3)14-17-8-5-6-10-19(17)18-9-7-11-23-15-18/h5-11,15H,4,12-14,16H2,1-3H3. The normalized spacial score (nSPS) is 19.3. The molecule has 1 fully saturated rings. The van der Waals surface area contributed by atoms with Crippen LogP contribution < -0.4 is 0 Å². The fraction of sp³-hybridized carbons (Fsp3) is 0.409. The maximum absolute atomic E-state index is 13.2. The molecule has 28 heavy (non-hydrogen) atoms. The van der Waals surface area contributed by atoms with Gasteiger partial charge in [-0.15, -0.1) is 0 Å². The van der Waals surface area contributed by atoms with Crippen molar-refractivity contribution in [1.82, 2.24) is 14.8 Å². The SMILES string of the molecule is CCC(=O)N1CCOC(Cc2ccccc2-c2cccnc2)(C(=O)N(C)C)C1. The number of ether oxygens (including phenoxy) is 1. The summed E-state index contributed by atoms with van der Waals surface area (Å²) < 4.78 is 6.11. The smallest absolute Gasteiger partial charge is 0.256 e. The minimum absolute atomic E-state index is 0.0415. The van der Waals surface area contributed by atoms with Crippen LogP contribution in [0.1, 0.15) is 18.9 Å². The van der Waals surface area contributed by atoms with E-state index in [1.807, 2.05) is 49.5 Å². The predicted molar refractivity (Wildman–Crippen MR) is 108 cm³/mol. The maximum Gasteiger partial charge on any atom is 0.256 e. The lowest BCUT2D eigenvalue weighted by Crippen LogP contribution is -2.61. The molecule has 148 valence electrons. The summed E-state index contributed by atoms with van der Waals surface area (Å²) in [6.07, 6.45) is 4.36. The molecule has 2 aromatic rings. The highest BCUT2D eigenvalue weighted by molar-refractivity contribution is 5.87. The second kappa shape index (κ2) is 8.52. The molecule has 6 heteroatoms. The van der Waals surface area contributed by atoms with E-state index in [1.54, 1.807) is 30.1 Å². The molecular formula is C22H27N3O3. The van der Waals surface area contributed by atoms with Crippen LogP contribution in [0, 0.1) is 0 Å². The van der Waals surface area contributed by atoms with Crippen LogP contribution in [-0.2, 0) is 20.7 Å². The molecule has 1 aliphatic rings. The summed E-state index contributed by atoms with van der Waals surface area (Å²) in [5.74, 6) is -0.0816. The molecule has 0 N–H and O–H groups in total. The number of morpholine rings is 1. The third-order valence-electron chi connectivity index (χ3n) is 5.10. The number of hydrogen-bond acceptors (Lipinski definition) is 4. The fourth-order valence-electron chi connectivity index (χ4n) is 3.73. The van der Waals surface area contributed by atoms with E-state index < -0.39 is 5.60 Å². The van der Waals surface area contributed by atoms with Crippen LogP contribution in [0.3, 0.4) is 0 Å². The van der Waals surface area contributed by atoms with Crippen LogP contribution in [-0.4, -0.2) is 66.0 Å². The van der Waals surface area contributed by atoms with Gasteiger partial charge in [0.15, 0.2) is 5.60 Å². The molecule has 1 atom stereocenters. The number of benzene rings is 1. The van der Waals surface area contributed by atoms with Crippen LogP contribution >= 0.6 is 0 Å². The lowest BCUT2D eigenvalue weighted by atomic mass is 9.87. The summed E-state index contributed by atoms with van der Waals surface area (Å²) in [7, 11) is 3.45. The largest absolute Gasteiger partial charge is 0.361 e. The van der Waals surface area contributed by atoms with Gasteiger partial charge in [-0.1, -0.05) is 37.3 Å². The van der Waals surface area contributed by atoms with Crippen molar-refractivity contribution in [3.05, 3.63) is 54.4 Å². The Balaban J connectivity index is 2.00. The molecule has 0 aliphatic carbocycles. The Labute approximate surface area is 166 Å². The third kappa shape index (κ3) is 4.07. The monoisotopic (exact) mass is 381 g/mol. The number of aromatic nitrogens is 1. The first-order valence-electron chi connectivity index (χ1n) is 9.58. The molecular weight excluding hydrogens is 354 g/mol. The molecule has 1 aromatic carbocycles. The average molecular weight is 381 g/mol. The molecule has 0 bridgehead atoms. The van der Waals surface area contributed by atoms with Gasteiger partial charge in [-0.05, 0) is 17.2 Å². The van der Waals surface area contributed by atoms with Gasteiger partial charge < -0.3 is 14.5 Å². The molecule has 0 spiro atoms. The Morgan fingerprint density at radius 3 is 2.68 bits per heavy atom. The van der Waals surface area contributed by atoms with E-state index in [0.29, 0.717) is 26.0 Å². The summed E-state index contributed by atoms with van der Waals surface area (Å²) >= 11 is 0. The number of carbonyl (C=O) groups excluding carboxylic acids is 2. The highest BCUT2D eigenvalue weighted by Gasteiger charge is 2.46. The van der Waals surface area contributed by atoms with Gasteiger partial charge in [0.25, 0.3) is 5.91 Å². The molecule has 1 saturated heterocycles. The zero-order valence-corrected chi connectivity index (χ0v) is 16.7. The minimum Gasteiger partial charge on any atom is -0.361 e. The number of hydrogen-bond donors (Lipinski definition) is 0. The third-order valence-corrected chi connectivity index (χ3v) is 5.10. The van der Waals surface area contributed by atoms with Crippen LogP contribution in [0.15, 0.2) is 48.8 Å². The van der Waals surface area contributed by atoms with Gasteiger partial charge in [-0.25, -0.2) is 0 Å². The van der Waals surface area contributed by atoms with Crippen molar-refractivity contribution in [2.45, 2.75) is 25.4 Å². The zero-order chi connectivity index (χ0) is 20.1. The van der Waals surface area contributed by atoms with Crippen LogP contribution in [0.4, 0.5) is 0 Å². The highest BCUT2D eigenvalue weighted by Crippen LogP contribution is 2.31. The van der Waals surface area contributed by atoms with Crippen molar-refractivity contribution in [1.29, 1.82) is 0 Å². The fourth-order valence-corrected chi connectivity index (χ4v) is 3.73. The van der Waals surface area contributed by atoms with E-state index in [9.17, 15) is 9.59 Å². The molecule has 1 aliphatic heterocycles. The van der Waals surface area contributed by atoms with Gasteiger partial charge in [-0.3, -0.25) is 14.6 Å².